The molecule has 21 heavy (non-hydrogen) atoms. The Kier molecular flexibility index (Phi) is 4.94. The average Bonchev–Trinajstić information content (AvgIpc) is 2.52. The first-order chi connectivity index (χ1) is 10.1. The second-order valence-corrected chi connectivity index (χ2v) is 4.75. The van der Waals surface area contributed by atoms with Gasteiger partial charge < -0.3 is 20.1 Å². The van der Waals surface area contributed by atoms with Crippen molar-refractivity contribution in [2.75, 3.05) is 26.2 Å². The average molecular weight is 290 g/mol. The first-order valence-corrected chi connectivity index (χ1v) is 6.71. The topological polar surface area (TPSA) is 78.9 Å². The van der Waals surface area contributed by atoms with Gasteiger partial charge in [0.15, 0.2) is 0 Å². The van der Waals surface area contributed by atoms with Crippen molar-refractivity contribution in [1.29, 1.82) is 0 Å². The largest absolute Gasteiger partial charge is 0.478 e. The molecular weight excluding hydrogens is 272 g/mol. The third kappa shape index (κ3) is 3.82. The summed E-state index contributed by atoms with van der Waals surface area (Å²) in [7, 11) is 0. The van der Waals surface area contributed by atoms with Crippen molar-refractivity contribution >= 4 is 12.1 Å². The number of nitrogens with zero attached hydrogens (tertiary/aromatic N) is 1. The normalized spacial score (nSPS) is 18.1. The first-order valence-electron chi connectivity index (χ1n) is 6.71. The standard InChI is InChI=1S/C15H18N2O4/c1-2-9-21-15(20)17-8-7-16-13(10-17)11-3-5-12(6-4-11)14(18)19/h2-6,13,16H,1,7-10H2,(H,18,19). The number of hydrogen-bond acceptors (Lipinski definition) is 4. The molecular formula is C15H18N2O4. The second-order valence-electron chi connectivity index (χ2n) is 4.75. The monoisotopic (exact) mass is 290 g/mol. The van der Waals surface area contributed by atoms with E-state index < -0.39 is 5.97 Å². The van der Waals surface area contributed by atoms with Gasteiger partial charge in [-0.2, -0.15) is 0 Å². The molecule has 1 aromatic rings. The predicted octanol–water partition coefficient (Wildman–Crippen LogP) is 1.65. The molecule has 6 heteroatoms. The van der Waals surface area contributed by atoms with Crippen molar-refractivity contribution in [2.24, 2.45) is 0 Å². The van der Waals surface area contributed by atoms with Gasteiger partial charge in [0.25, 0.3) is 0 Å². The Hall–Kier alpha value is -2.34. The summed E-state index contributed by atoms with van der Waals surface area (Å²) in [5, 5.41) is 12.2. The highest BCUT2D eigenvalue weighted by molar-refractivity contribution is 5.87. The number of piperazine rings is 1. The summed E-state index contributed by atoms with van der Waals surface area (Å²) >= 11 is 0. The molecule has 0 aromatic heterocycles. The SMILES string of the molecule is C=CCOC(=O)N1CCNC(c2ccc(C(=O)O)cc2)C1. The van der Waals surface area contributed by atoms with E-state index in [4.69, 9.17) is 9.84 Å². The number of carbonyl (C=O) groups is 2. The van der Waals surface area contributed by atoms with Crippen LogP contribution >= 0.6 is 0 Å². The Morgan fingerprint density at radius 3 is 2.76 bits per heavy atom. The number of amides is 1. The van der Waals surface area contributed by atoms with Crippen LogP contribution in [-0.2, 0) is 4.74 Å². The second kappa shape index (κ2) is 6.90. The van der Waals surface area contributed by atoms with Crippen LogP contribution in [-0.4, -0.2) is 48.3 Å². The molecule has 1 fully saturated rings. The van der Waals surface area contributed by atoms with Crippen LogP contribution in [0.5, 0.6) is 0 Å². The van der Waals surface area contributed by atoms with E-state index in [1.54, 1.807) is 29.2 Å². The smallest absolute Gasteiger partial charge is 0.410 e. The maximum Gasteiger partial charge on any atom is 0.410 e. The first kappa shape index (κ1) is 15.1. The zero-order valence-electron chi connectivity index (χ0n) is 11.6. The zero-order chi connectivity index (χ0) is 15.2. The number of nitrogens with one attached hydrogen (secondary N) is 1. The van der Waals surface area contributed by atoms with E-state index in [2.05, 4.69) is 11.9 Å². The van der Waals surface area contributed by atoms with E-state index in [0.717, 1.165) is 5.56 Å². The fourth-order valence-corrected chi connectivity index (χ4v) is 2.22. The molecule has 1 aliphatic heterocycles. The fraction of sp³-hybridized carbons (Fsp3) is 0.333. The predicted molar refractivity (Wildman–Crippen MR) is 77.3 cm³/mol. The fourth-order valence-electron chi connectivity index (χ4n) is 2.22. The van der Waals surface area contributed by atoms with Gasteiger partial charge in [0.05, 0.1) is 11.6 Å². The summed E-state index contributed by atoms with van der Waals surface area (Å²) < 4.78 is 5.03. The quantitative estimate of drug-likeness (QED) is 0.824. The Labute approximate surface area is 123 Å². The molecule has 0 spiro atoms. The van der Waals surface area contributed by atoms with Crippen molar-refractivity contribution in [3.8, 4) is 0 Å². The van der Waals surface area contributed by atoms with Crippen LogP contribution in [0, 0.1) is 0 Å². The number of aromatic carboxylic acids is 1. The Balaban J connectivity index is 2.01. The zero-order valence-corrected chi connectivity index (χ0v) is 11.6. The van der Waals surface area contributed by atoms with E-state index in [0.29, 0.717) is 19.6 Å². The Bertz CT molecular complexity index is 527. The summed E-state index contributed by atoms with van der Waals surface area (Å²) in [5.41, 5.74) is 1.19. The van der Waals surface area contributed by atoms with E-state index in [9.17, 15) is 9.59 Å². The Morgan fingerprint density at radius 1 is 1.43 bits per heavy atom. The van der Waals surface area contributed by atoms with Crippen molar-refractivity contribution < 1.29 is 19.4 Å². The summed E-state index contributed by atoms with van der Waals surface area (Å²) in [4.78, 5) is 24.3. The number of carboxylic acids is 1. The van der Waals surface area contributed by atoms with Crippen LogP contribution in [0.25, 0.3) is 0 Å². The lowest BCUT2D eigenvalue weighted by atomic mass is 10.0. The molecule has 1 heterocycles. The molecule has 2 N–H and O–H groups in total. The van der Waals surface area contributed by atoms with Gasteiger partial charge in [-0.3, -0.25) is 0 Å². The molecule has 1 atom stereocenters. The maximum atomic E-state index is 11.8. The third-order valence-corrected chi connectivity index (χ3v) is 3.32. The minimum atomic E-state index is -0.951. The molecule has 2 rings (SSSR count). The van der Waals surface area contributed by atoms with Gasteiger partial charge in [-0.15, -0.1) is 0 Å². The molecule has 6 nitrogen and oxygen atoms in total. The molecule has 1 amide bonds. The van der Waals surface area contributed by atoms with Gasteiger partial charge in [-0.05, 0) is 17.7 Å². The van der Waals surface area contributed by atoms with Crippen molar-refractivity contribution in [3.63, 3.8) is 0 Å². The van der Waals surface area contributed by atoms with Crippen molar-refractivity contribution in [2.45, 2.75) is 6.04 Å². The molecule has 0 saturated carbocycles. The number of carboxylic acid groups (broad SMARTS) is 1. The molecule has 1 saturated heterocycles. The van der Waals surface area contributed by atoms with Gasteiger partial charge in [0.2, 0.25) is 0 Å². The molecule has 0 bridgehead atoms. The van der Waals surface area contributed by atoms with Gasteiger partial charge in [-0.25, -0.2) is 9.59 Å². The van der Waals surface area contributed by atoms with E-state index in [1.165, 1.54) is 6.08 Å². The van der Waals surface area contributed by atoms with Gasteiger partial charge in [-0.1, -0.05) is 24.8 Å². The van der Waals surface area contributed by atoms with Crippen LogP contribution in [0.15, 0.2) is 36.9 Å². The van der Waals surface area contributed by atoms with Crippen LogP contribution in [0.3, 0.4) is 0 Å². The lowest BCUT2D eigenvalue weighted by Crippen LogP contribution is -2.48. The van der Waals surface area contributed by atoms with E-state index in [-0.39, 0.29) is 24.3 Å². The van der Waals surface area contributed by atoms with Gasteiger partial charge in [0.1, 0.15) is 6.61 Å². The minimum Gasteiger partial charge on any atom is -0.478 e. The minimum absolute atomic E-state index is 0.0297. The summed E-state index contributed by atoms with van der Waals surface area (Å²) in [6, 6.07) is 6.63. The van der Waals surface area contributed by atoms with Crippen molar-refractivity contribution in [3.05, 3.63) is 48.0 Å². The number of hydrogen-bond donors (Lipinski definition) is 2. The number of carbonyl (C=O) groups excluding carboxylic acids is 1. The molecule has 0 radical (unpaired) electrons. The van der Waals surface area contributed by atoms with E-state index in [1.807, 2.05) is 0 Å². The van der Waals surface area contributed by atoms with E-state index >= 15 is 0 Å². The molecule has 1 aromatic carbocycles. The number of rotatable bonds is 4. The lowest BCUT2D eigenvalue weighted by Gasteiger charge is -2.33. The summed E-state index contributed by atoms with van der Waals surface area (Å²) in [6.45, 7) is 5.43. The van der Waals surface area contributed by atoms with Crippen LogP contribution in [0.1, 0.15) is 22.0 Å². The maximum absolute atomic E-state index is 11.8. The molecule has 0 aliphatic carbocycles. The highest BCUT2D eigenvalue weighted by Crippen LogP contribution is 2.18. The highest BCUT2D eigenvalue weighted by atomic mass is 16.6. The summed E-state index contributed by atoms with van der Waals surface area (Å²) in [5.74, 6) is -0.951. The lowest BCUT2D eigenvalue weighted by molar-refractivity contribution is 0.0696. The number of benzene rings is 1. The third-order valence-electron chi connectivity index (χ3n) is 3.32. The molecule has 112 valence electrons. The van der Waals surface area contributed by atoms with Crippen LogP contribution < -0.4 is 5.32 Å². The molecule has 1 aliphatic rings. The Morgan fingerprint density at radius 2 is 2.14 bits per heavy atom. The summed E-state index contributed by atoms with van der Waals surface area (Å²) in [6.07, 6.45) is 1.17. The van der Waals surface area contributed by atoms with Crippen LogP contribution in [0.2, 0.25) is 0 Å². The molecule has 1 unspecified atom stereocenters. The van der Waals surface area contributed by atoms with Crippen molar-refractivity contribution in [1.82, 2.24) is 10.2 Å². The van der Waals surface area contributed by atoms with Gasteiger partial charge >= 0.3 is 12.1 Å². The van der Waals surface area contributed by atoms with Gasteiger partial charge in [0, 0.05) is 19.6 Å². The highest BCUT2D eigenvalue weighted by Gasteiger charge is 2.25. The van der Waals surface area contributed by atoms with Crippen LogP contribution in [0.4, 0.5) is 4.79 Å². The number of ether oxygens (including phenoxy) is 1.